The fourth-order valence-electron chi connectivity index (χ4n) is 2.25. The van der Waals surface area contributed by atoms with Crippen LogP contribution in [-0.2, 0) is 22.4 Å². The van der Waals surface area contributed by atoms with Crippen LogP contribution in [0.5, 0.6) is 0 Å². The van der Waals surface area contributed by atoms with Crippen LogP contribution in [0.2, 0.25) is 0 Å². The third-order valence-electron chi connectivity index (χ3n) is 3.48. The molecule has 0 bridgehead atoms. The molecule has 0 aliphatic carbocycles. The van der Waals surface area contributed by atoms with Gasteiger partial charge in [0.1, 0.15) is 11.9 Å². The molecule has 4 nitrogen and oxygen atoms in total. The van der Waals surface area contributed by atoms with Crippen molar-refractivity contribution in [1.82, 2.24) is 5.32 Å². The van der Waals surface area contributed by atoms with E-state index in [0.717, 1.165) is 5.56 Å². The maximum absolute atomic E-state index is 12.8. The fraction of sp³-hybridized carbons (Fsp3) is 0.222. The minimum absolute atomic E-state index is 0.0232. The molecule has 0 saturated heterocycles. The molecule has 0 aliphatic rings. The van der Waals surface area contributed by atoms with Gasteiger partial charge in [-0.15, -0.1) is 0 Å². The molecule has 0 unspecified atom stereocenters. The van der Waals surface area contributed by atoms with Crippen molar-refractivity contribution in [2.75, 3.05) is 0 Å². The van der Waals surface area contributed by atoms with Gasteiger partial charge in [0.05, 0.1) is 6.42 Å². The highest BCUT2D eigenvalue weighted by Gasteiger charge is 2.19. The Hall–Kier alpha value is -2.69. The molecule has 0 spiro atoms. The molecule has 5 heteroatoms. The van der Waals surface area contributed by atoms with Crippen molar-refractivity contribution in [1.29, 1.82) is 0 Å². The highest BCUT2D eigenvalue weighted by Crippen LogP contribution is 2.07. The van der Waals surface area contributed by atoms with Gasteiger partial charge in [-0.2, -0.15) is 0 Å². The van der Waals surface area contributed by atoms with E-state index in [1.165, 1.54) is 24.3 Å². The lowest BCUT2D eigenvalue weighted by Gasteiger charge is -2.14. The maximum Gasteiger partial charge on any atom is 0.326 e. The third-order valence-corrected chi connectivity index (χ3v) is 3.48. The molecule has 2 aromatic rings. The van der Waals surface area contributed by atoms with E-state index in [9.17, 15) is 19.1 Å². The van der Waals surface area contributed by atoms with Crippen LogP contribution >= 0.6 is 0 Å². The van der Waals surface area contributed by atoms with Crippen molar-refractivity contribution < 1.29 is 19.1 Å². The zero-order chi connectivity index (χ0) is 16.7. The molecule has 120 valence electrons. The molecule has 0 saturated carbocycles. The van der Waals surface area contributed by atoms with Gasteiger partial charge in [-0.05, 0) is 36.1 Å². The minimum atomic E-state index is -1.06. The lowest BCUT2D eigenvalue weighted by atomic mass is 10.0. The zero-order valence-electron chi connectivity index (χ0n) is 12.5. The number of carbonyl (C=O) groups excluding carboxylic acids is 1. The molecular weight excluding hydrogens is 297 g/mol. The first-order chi connectivity index (χ1) is 11.0. The Morgan fingerprint density at radius 2 is 1.65 bits per heavy atom. The molecule has 1 atom stereocenters. The molecule has 0 heterocycles. The summed E-state index contributed by atoms with van der Waals surface area (Å²) in [6.07, 6.45) is 0.901. The van der Waals surface area contributed by atoms with E-state index in [-0.39, 0.29) is 12.2 Å². The summed E-state index contributed by atoms with van der Waals surface area (Å²) in [6.45, 7) is 0. The summed E-state index contributed by atoms with van der Waals surface area (Å²) >= 11 is 0. The number of hydrogen-bond donors (Lipinski definition) is 2. The predicted octanol–water partition coefficient (Wildman–Crippen LogP) is 2.57. The van der Waals surface area contributed by atoms with Crippen LogP contribution in [0.4, 0.5) is 4.39 Å². The first-order valence-corrected chi connectivity index (χ1v) is 7.35. The predicted molar refractivity (Wildman–Crippen MR) is 84.4 cm³/mol. The molecular formula is C18H18FNO3. The summed E-state index contributed by atoms with van der Waals surface area (Å²) in [5, 5.41) is 11.8. The molecule has 2 N–H and O–H groups in total. The topological polar surface area (TPSA) is 66.4 Å². The quantitative estimate of drug-likeness (QED) is 0.825. The summed E-state index contributed by atoms with van der Waals surface area (Å²) in [4.78, 5) is 23.2. The second kappa shape index (κ2) is 8.08. The molecule has 1 amide bonds. The Bertz CT molecular complexity index is 656. The van der Waals surface area contributed by atoms with Gasteiger partial charge < -0.3 is 10.4 Å². The number of rotatable bonds is 7. The van der Waals surface area contributed by atoms with Crippen molar-refractivity contribution in [3.63, 3.8) is 0 Å². The minimum Gasteiger partial charge on any atom is -0.480 e. The van der Waals surface area contributed by atoms with Gasteiger partial charge in [-0.3, -0.25) is 4.79 Å². The smallest absolute Gasteiger partial charge is 0.326 e. The summed E-state index contributed by atoms with van der Waals surface area (Å²) in [7, 11) is 0. The number of halogens is 1. The second-order valence-electron chi connectivity index (χ2n) is 5.29. The number of aryl methyl sites for hydroxylation is 1. The van der Waals surface area contributed by atoms with Crippen LogP contribution < -0.4 is 5.32 Å². The number of aliphatic carboxylic acids is 1. The molecule has 2 rings (SSSR count). The van der Waals surface area contributed by atoms with E-state index >= 15 is 0 Å². The van der Waals surface area contributed by atoms with Crippen LogP contribution in [-0.4, -0.2) is 23.0 Å². The van der Waals surface area contributed by atoms with E-state index in [1.54, 1.807) is 0 Å². The van der Waals surface area contributed by atoms with Crippen molar-refractivity contribution in [2.45, 2.75) is 25.3 Å². The summed E-state index contributed by atoms with van der Waals surface area (Å²) < 4.78 is 12.8. The number of hydrogen-bond acceptors (Lipinski definition) is 2. The van der Waals surface area contributed by atoms with Crippen molar-refractivity contribution >= 4 is 11.9 Å². The van der Waals surface area contributed by atoms with E-state index in [2.05, 4.69) is 5.32 Å². The SMILES string of the molecule is O=C(Cc1ccc(F)cc1)N[C@@H](CCc1ccccc1)C(=O)O. The second-order valence-corrected chi connectivity index (χ2v) is 5.29. The van der Waals surface area contributed by atoms with Crippen LogP contribution in [0, 0.1) is 5.82 Å². The molecule has 0 fully saturated rings. The highest BCUT2D eigenvalue weighted by atomic mass is 19.1. The van der Waals surface area contributed by atoms with E-state index < -0.39 is 17.9 Å². The Morgan fingerprint density at radius 3 is 2.26 bits per heavy atom. The normalized spacial score (nSPS) is 11.7. The van der Waals surface area contributed by atoms with E-state index in [0.29, 0.717) is 18.4 Å². The monoisotopic (exact) mass is 315 g/mol. The van der Waals surface area contributed by atoms with Crippen LogP contribution in [0.3, 0.4) is 0 Å². The Balaban J connectivity index is 1.89. The first kappa shape index (κ1) is 16.7. The Morgan fingerprint density at radius 1 is 1.00 bits per heavy atom. The van der Waals surface area contributed by atoms with Crippen molar-refractivity contribution in [3.05, 3.63) is 71.5 Å². The maximum atomic E-state index is 12.8. The summed E-state index contributed by atoms with van der Waals surface area (Å²) in [5.74, 6) is -1.83. The summed E-state index contributed by atoms with van der Waals surface area (Å²) in [6, 6.07) is 14.1. The Labute approximate surface area is 134 Å². The van der Waals surface area contributed by atoms with Gasteiger partial charge in [0, 0.05) is 0 Å². The Kier molecular flexibility index (Phi) is 5.86. The summed E-state index contributed by atoms with van der Waals surface area (Å²) in [5.41, 5.74) is 1.66. The van der Waals surface area contributed by atoms with Crippen LogP contribution in [0.25, 0.3) is 0 Å². The number of carboxylic acid groups (broad SMARTS) is 1. The van der Waals surface area contributed by atoms with Gasteiger partial charge in [0.15, 0.2) is 0 Å². The first-order valence-electron chi connectivity index (χ1n) is 7.35. The zero-order valence-corrected chi connectivity index (χ0v) is 12.5. The van der Waals surface area contributed by atoms with Crippen molar-refractivity contribution in [3.8, 4) is 0 Å². The number of amides is 1. The molecule has 2 aromatic carbocycles. The number of carbonyl (C=O) groups is 2. The van der Waals surface area contributed by atoms with Gasteiger partial charge in [0.25, 0.3) is 0 Å². The average Bonchev–Trinajstić information content (AvgIpc) is 2.54. The van der Waals surface area contributed by atoms with Gasteiger partial charge in [-0.1, -0.05) is 42.5 Å². The highest BCUT2D eigenvalue weighted by molar-refractivity contribution is 5.84. The molecule has 0 aliphatic heterocycles. The lowest BCUT2D eigenvalue weighted by Crippen LogP contribution is -2.41. The lowest BCUT2D eigenvalue weighted by molar-refractivity contribution is -0.141. The van der Waals surface area contributed by atoms with E-state index in [1.807, 2.05) is 30.3 Å². The average molecular weight is 315 g/mol. The number of benzene rings is 2. The van der Waals surface area contributed by atoms with Crippen LogP contribution in [0.15, 0.2) is 54.6 Å². The molecule has 0 radical (unpaired) electrons. The van der Waals surface area contributed by atoms with Gasteiger partial charge >= 0.3 is 5.97 Å². The van der Waals surface area contributed by atoms with Gasteiger partial charge in [0.2, 0.25) is 5.91 Å². The standard InChI is InChI=1S/C18H18FNO3/c19-15-9-6-14(7-10-15)12-17(21)20-16(18(22)23)11-8-13-4-2-1-3-5-13/h1-7,9-10,16H,8,11-12H2,(H,20,21)(H,22,23)/t16-/m0/s1. The largest absolute Gasteiger partial charge is 0.480 e. The molecule has 0 aromatic heterocycles. The number of nitrogens with one attached hydrogen (secondary N) is 1. The molecule has 23 heavy (non-hydrogen) atoms. The number of carboxylic acids is 1. The van der Waals surface area contributed by atoms with E-state index in [4.69, 9.17) is 0 Å². The van der Waals surface area contributed by atoms with Gasteiger partial charge in [-0.25, -0.2) is 9.18 Å². The third kappa shape index (κ3) is 5.54. The fourth-order valence-corrected chi connectivity index (χ4v) is 2.25. The van der Waals surface area contributed by atoms with Crippen LogP contribution in [0.1, 0.15) is 17.5 Å². The van der Waals surface area contributed by atoms with Crippen molar-refractivity contribution in [2.24, 2.45) is 0 Å².